The molecule has 1 atom stereocenters. The summed E-state index contributed by atoms with van der Waals surface area (Å²) < 4.78 is 11.1. The Morgan fingerprint density at radius 1 is 1.19 bits per heavy atom. The fraction of sp³-hybridized carbons (Fsp3) is 0.320. The number of carbonyl (C=O) groups excluding carboxylic acids is 2. The zero-order valence-corrected chi connectivity index (χ0v) is 17.5. The largest absolute Gasteiger partial charge is 0.464 e. The maximum Gasteiger partial charge on any atom is 0.311 e. The number of rotatable bonds is 7. The number of esters is 1. The lowest BCUT2D eigenvalue weighted by Crippen LogP contribution is -2.40. The Balaban J connectivity index is 1.45. The summed E-state index contributed by atoms with van der Waals surface area (Å²) in [6.07, 6.45) is 4.10. The van der Waals surface area contributed by atoms with Gasteiger partial charge in [0.15, 0.2) is 6.10 Å². The third kappa shape index (κ3) is 4.46. The summed E-state index contributed by atoms with van der Waals surface area (Å²) in [4.78, 5) is 27.0. The monoisotopic (exact) mass is 416 g/mol. The zero-order chi connectivity index (χ0) is 21.8. The van der Waals surface area contributed by atoms with Crippen molar-refractivity contribution in [1.82, 2.24) is 0 Å². The predicted molar refractivity (Wildman–Crippen MR) is 117 cm³/mol. The summed E-state index contributed by atoms with van der Waals surface area (Å²) in [5, 5.41) is 9.86. The fourth-order valence-electron chi connectivity index (χ4n) is 4.09. The molecule has 6 nitrogen and oxygen atoms in total. The number of anilines is 1. The third-order valence-corrected chi connectivity index (χ3v) is 5.64. The summed E-state index contributed by atoms with van der Waals surface area (Å²) in [5.41, 5.74) is 4.83. The average Bonchev–Trinajstić information content (AvgIpc) is 3.39. The van der Waals surface area contributed by atoms with Crippen LogP contribution in [0, 0.1) is 11.3 Å². The molecule has 3 aromatic rings. The van der Waals surface area contributed by atoms with Crippen molar-refractivity contribution < 1.29 is 18.7 Å². The highest BCUT2D eigenvalue weighted by Gasteiger charge is 2.25. The fourth-order valence-corrected chi connectivity index (χ4v) is 4.09. The minimum Gasteiger partial charge on any atom is -0.464 e. The summed E-state index contributed by atoms with van der Waals surface area (Å²) >= 11 is 0. The van der Waals surface area contributed by atoms with Crippen molar-refractivity contribution in [2.75, 3.05) is 11.4 Å². The van der Waals surface area contributed by atoms with Crippen molar-refractivity contribution in [1.29, 1.82) is 5.26 Å². The smallest absolute Gasteiger partial charge is 0.311 e. The lowest BCUT2D eigenvalue weighted by molar-refractivity contribution is -0.153. The lowest BCUT2D eigenvalue weighted by atomic mass is 10.0. The number of nitrogens with zero attached hydrogens (tertiary/aromatic N) is 2. The Labute approximate surface area is 181 Å². The molecular weight excluding hydrogens is 392 g/mol. The molecule has 1 amide bonds. The number of benzene rings is 2. The van der Waals surface area contributed by atoms with E-state index < -0.39 is 12.1 Å². The lowest BCUT2D eigenvalue weighted by Gasteiger charge is -2.25. The van der Waals surface area contributed by atoms with Gasteiger partial charge in [0.1, 0.15) is 5.58 Å². The van der Waals surface area contributed by atoms with E-state index in [-0.39, 0.29) is 25.3 Å². The highest BCUT2D eigenvalue weighted by molar-refractivity contribution is 5.97. The predicted octanol–water partition coefficient (Wildman–Crippen LogP) is 4.34. The molecule has 0 fully saturated rings. The molecular formula is C25H24N2O4. The van der Waals surface area contributed by atoms with Gasteiger partial charge in [-0.15, -0.1) is 0 Å². The van der Waals surface area contributed by atoms with E-state index in [0.29, 0.717) is 5.69 Å². The molecule has 4 rings (SSSR count). The van der Waals surface area contributed by atoms with Crippen LogP contribution in [-0.4, -0.2) is 24.5 Å². The number of hydrogen-bond donors (Lipinski definition) is 0. The SMILES string of the molecule is CC(OC(=O)Cc1coc2cc3c(cc12)CCC3)C(=O)N(CCC#N)c1ccccc1. The first-order valence-corrected chi connectivity index (χ1v) is 10.5. The van der Waals surface area contributed by atoms with Gasteiger partial charge in [0.25, 0.3) is 5.91 Å². The van der Waals surface area contributed by atoms with Crippen molar-refractivity contribution in [2.45, 2.75) is 45.1 Å². The number of fused-ring (bicyclic) bond motifs is 2. The molecule has 31 heavy (non-hydrogen) atoms. The first-order valence-electron chi connectivity index (χ1n) is 10.5. The van der Waals surface area contributed by atoms with E-state index in [2.05, 4.69) is 18.2 Å². The molecule has 0 bridgehead atoms. The number of furan rings is 1. The van der Waals surface area contributed by atoms with E-state index in [0.717, 1.165) is 35.8 Å². The normalized spacial score (nSPS) is 13.4. The maximum atomic E-state index is 12.9. The van der Waals surface area contributed by atoms with Crippen LogP contribution in [0.4, 0.5) is 5.69 Å². The summed E-state index contributed by atoms with van der Waals surface area (Å²) in [5.74, 6) is -0.845. The Morgan fingerprint density at radius 3 is 2.68 bits per heavy atom. The van der Waals surface area contributed by atoms with Crippen LogP contribution < -0.4 is 4.90 Å². The summed E-state index contributed by atoms with van der Waals surface area (Å²) in [6.45, 7) is 1.79. The molecule has 0 aliphatic heterocycles. The van der Waals surface area contributed by atoms with Crippen molar-refractivity contribution in [3.05, 3.63) is 65.4 Å². The van der Waals surface area contributed by atoms with E-state index in [1.54, 1.807) is 25.3 Å². The molecule has 0 saturated carbocycles. The molecule has 158 valence electrons. The molecule has 1 aliphatic carbocycles. The van der Waals surface area contributed by atoms with Crippen LogP contribution in [-0.2, 0) is 33.6 Å². The van der Waals surface area contributed by atoms with Gasteiger partial charge in [0.05, 0.1) is 25.2 Å². The molecule has 0 radical (unpaired) electrons. The quantitative estimate of drug-likeness (QED) is 0.535. The molecule has 1 aliphatic rings. The van der Waals surface area contributed by atoms with Crippen LogP contribution in [0.25, 0.3) is 11.0 Å². The van der Waals surface area contributed by atoms with Gasteiger partial charge in [-0.2, -0.15) is 5.26 Å². The van der Waals surface area contributed by atoms with Crippen LogP contribution in [0.5, 0.6) is 0 Å². The van der Waals surface area contributed by atoms with Crippen molar-refractivity contribution in [2.24, 2.45) is 0 Å². The average molecular weight is 416 g/mol. The number of ether oxygens (including phenoxy) is 1. The van der Waals surface area contributed by atoms with Gasteiger partial charge < -0.3 is 14.1 Å². The van der Waals surface area contributed by atoms with Crippen LogP contribution in [0.3, 0.4) is 0 Å². The second-order valence-corrected chi connectivity index (χ2v) is 7.77. The van der Waals surface area contributed by atoms with Gasteiger partial charge in [-0.1, -0.05) is 18.2 Å². The van der Waals surface area contributed by atoms with Gasteiger partial charge >= 0.3 is 5.97 Å². The molecule has 1 aromatic heterocycles. The Kier molecular flexibility index (Phi) is 6.03. The number of amides is 1. The van der Waals surface area contributed by atoms with E-state index in [1.165, 1.54) is 16.0 Å². The number of carbonyl (C=O) groups is 2. The molecule has 0 saturated heterocycles. The second-order valence-electron chi connectivity index (χ2n) is 7.77. The number of hydrogen-bond acceptors (Lipinski definition) is 5. The van der Waals surface area contributed by atoms with Crippen molar-refractivity contribution >= 4 is 28.5 Å². The van der Waals surface area contributed by atoms with Crippen LogP contribution in [0.15, 0.2) is 53.1 Å². The van der Waals surface area contributed by atoms with E-state index in [4.69, 9.17) is 14.4 Å². The first-order chi connectivity index (χ1) is 15.1. The summed E-state index contributed by atoms with van der Waals surface area (Å²) in [7, 11) is 0. The van der Waals surface area contributed by atoms with Crippen LogP contribution in [0.1, 0.15) is 36.5 Å². The topological polar surface area (TPSA) is 83.5 Å². The molecule has 2 aromatic carbocycles. The number of para-hydroxylation sites is 1. The zero-order valence-electron chi connectivity index (χ0n) is 17.5. The number of aryl methyl sites for hydroxylation is 2. The molecule has 1 unspecified atom stereocenters. The Bertz CT molecular complexity index is 1140. The Hall–Kier alpha value is -3.59. The molecule has 1 heterocycles. The maximum absolute atomic E-state index is 12.9. The van der Waals surface area contributed by atoms with Gasteiger partial charge in [-0.05, 0) is 61.6 Å². The number of nitriles is 1. The van der Waals surface area contributed by atoms with Crippen molar-refractivity contribution in [3.63, 3.8) is 0 Å². The van der Waals surface area contributed by atoms with E-state index in [9.17, 15) is 9.59 Å². The molecule has 0 spiro atoms. The molecule has 0 N–H and O–H groups in total. The van der Waals surface area contributed by atoms with Gasteiger partial charge in [0, 0.05) is 23.2 Å². The van der Waals surface area contributed by atoms with E-state index in [1.807, 2.05) is 18.2 Å². The van der Waals surface area contributed by atoms with Crippen LogP contribution >= 0.6 is 0 Å². The highest BCUT2D eigenvalue weighted by Crippen LogP contribution is 2.30. The highest BCUT2D eigenvalue weighted by atomic mass is 16.5. The standard InChI is InChI=1S/C25H24N2O4/c1-17(25(29)27(12-6-11-26)21-9-3-2-4-10-21)31-24(28)15-20-16-30-23-14-19-8-5-7-18(19)13-22(20)23/h2-4,9-10,13-14,16-17H,5-8,12,15H2,1H3. The summed E-state index contributed by atoms with van der Waals surface area (Å²) in [6, 6.07) is 15.3. The van der Waals surface area contributed by atoms with Gasteiger partial charge in [0.2, 0.25) is 0 Å². The third-order valence-electron chi connectivity index (χ3n) is 5.64. The molecule has 6 heteroatoms. The first kappa shape index (κ1) is 20.7. The van der Waals surface area contributed by atoms with Gasteiger partial charge in [-0.25, -0.2) is 0 Å². The van der Waals surface area contributed by atoms with Crippen molar-refractivity contribution in [3.8, 4) is 6.07 Å². The second kappa shape index (κ2) is 9.05. The Morgan fingerprint density at radius 2 is 1.94 bits per heavy atom. The van der Waals surface area contributed by atoms with Gasteiger partial charge in [-0.3, -0.25) is 9.59 Å². The minimum absolute atomic E-state index is 0.0347. The van der Waals surface area contributed by atoms with Crippen LogP contribution in [0.2, 0.25) is 0 Å². The van der Waals surface area contributed by atoms with E-state index >= 15 is 0 Å². The minimum atomic E-state index is -0.964.